The summed E-state index contributed by atoms with van der Waals surface area (Å²) >= 11 is 3.24. The summed E-state index contributed by atoms with van der Waals surface area (Å²) in [6.07, 6.45) is 0.340. The molecule has 2 aromatic rings. The van der Waals surface area contributed by atoms with Crippen molar-refractivity contribution in [3.05, 3.63) is 57.8 Å². The Hall–Kier alpha value is -1.93. The number of aromatic hydroxyl groups is 1. The van der Waals surface area contributed by atoms with E-state index in [1.165, 1.54) is 24.3 Å². The zero-order chi connectivity index (χ0) is 17.5. The van der Waals surface area contributed by atoms with E-state index in [0.29, 0.717) is 17.7 Å². The van der Waals surface area contributed by atoms with Gasteiger partial charge in [-0.2, -0.15) is 18.4 Å². The van der Waals surface area contributed by atoms with Crippen molar-refractivity contribution in [3.8, 4) is 5.75 Å². The first-order valence-electron chi connectivity index (χ1n) is 7.15. The highest BCUT2D eigenvalue weighted by molar-refractivity contribution is 9.10. The molecule has 8 heteroatoms. The minimum Gasteiger partial charge on any atom is -0.507 e. The van der Waals surface area contributed by atoms with Gasteiger partial charge < -0.3 is 5.11 Å². The van der Waals surface area contributed by atoms with E-state index in [2.05, 4.69) is 25.9 Å². The maximum atomic E-state index is 14.0. The number of phenols is 1. The van der Waals surface area contributed by atoms with Crippen LogP contribution in [0.5, 0.6) is 5.75 Å². The number of sulfonamides is 1. The van der Waals surface area contributed by atoms with E-state index in [4.69, 9.17) is 0 Å². The molecule has 24 heavy (non-hydrogen) atoms. The quantitative estimate of drug-likeness (QED) is 0.757. The molecule has 0 heterocycles. The third-order valence-electron chi connectivity index (χ3n) is 3.88. The summed E-state index contributed by atoms with van der Waals surface area (Å²) in [5, 5.41) is 13.9. The molecule has 0 bridgehead atoms. The Kier molecular flexibility index (Phi) is 4.35. The first-order valence-corrected chi connectivity index (χ1v) is 9.43. The molecule has 126 valence electrons. The molecule has 0 spiro atoms. The zero-order valence-corrected chi connectivity index (χ0v) is 15.0. The maximum absolute atomic E-state index is 14.0. The maximum Gasteiger partial charge on any atom is 0.276 e. The van der Waals surface area contributed by atoms with Gasteiger partial charge in [0, 0.05) is 15.6 Å². The van der Waals surface area contributed by atoms with E-state index in [1.54, 1.807) is 19.1 Å². The molecule has 0 aliphatic heterocycles. The smallest absolute Gasteiger partial charge is 0.276 e. The first-order chi connectivity index (χ1) is 11.3. The summed E-state index contributed by atoms with van der Waals surface area (Å²) in [6.45, 7) is 1.80. The fourth-order valence-electron chi connectivity index (χ4n) is 2.75. The van der Waals surface area contributed by atoms with E-state index in [-0.39, 0.29) is 22.1 Å². The van der Waals surface area contributed by atoms with Crippen molar-refractivity contribution < 1.29 is 17.9 Å². The van der Waals surface area contributed by atoms with Crippen LogP contribution in [0.15, 0.2) is 50.9 Å². The molecule has 0 saturated heterocycles. The highest BCUT2D eigenvalue weighted by Gasteiger charge is 2.31. The Bertz CT molecular complexity index is 927. The molecule has 1 atom stereocenters. The fraction of sp³-hybridized carbons (Fsp3) is 0.188. The van der Waals surface area contributed by atoms with E-state index in [9.17, 15) is 17.9 Å². The predicted octanol–water partition coefficient (Wildman–Crippen LogP) is 3.48. The molecule has 0 unspecified atom stereocenters. The second-order valence-corrected chi connectivity index (χ2v) is 8.14. The first kappa shape index (κ1) is 16.9. The molecule has 0 amide bonds. The van der Waals surface area contributed by atoms with Crippen LogP contribution in [0.1, 0.15) is 30.4 Å². The average Bonchev–Trinajstić information content (AvgIpc) is 2.88. The number of fused-ring (bicyclic) bond motifs is 1. The van der Waals surface area contributed by atoms with Gasteiger partial charge in [-0.1, -0.05) is 22.9 Å². The topological polar surface area (TPSA) is 78.8 Å². The third-order valence-corrected chi connectivity index (χ3v) is 5.63. The normalized spacial score (nSPS) is 18.6. The molecular weight excluding hydrogens is 399 g/mol. The zero-order valence-electron chi connectivity index (χ0n) is 12.6. The minimum absolute atomic E-state index is 0.0600. The van der Waals surface area contributed by atoms with Gasteiger partial charge in [-0.25, -0.2) is 4.39 Å². The highest BCUT2D eigenvalue weighted by atomic mass is 79.9. The van der Waals surface area contributed by atoms with Gasteiger partial charge in [0.25, 0.3) is 10.0 Å². The summed E-state index contributed by atoms with van der Waals surface area (Å²) in [4.78, 5) is 2.22. The third kappa shape index (κ3) is 3.03. The lowest BCUT2D eigenvalue weighted by atomic mass is 10.0. The molecule has 2 aromatic carbocycles. The van der Waals surface area contributed by atoms with Crippen LogP contribution in [0.2, 0.25) is 0 Å². The van der Waals surface area contributed by atoms with Crippen molar-refractivity contribution in [2.75, 3.05) is 0 Å². The lowest BCUT2D eigenvalue weighted by Gasteiger charge is -2.07. The van der Waals surface area contributed by atoms with E-state index < -0.39 is 15.8 Å². The number of nitrogens with zero attached hydrogens (tertiary/aromatic N) is 1. The lowest BCUT2D eigenvalue weighted by molar-refractivity contribution is 0.470. The number of rotatable bonds is 3. The van der Waals surface area contributed by atoms with E-state index in [0.717, 1.165) is 4.47 Å². The minimum atomic E-state index is -3.84. The Morgan fingerprint density at radius 2 is 1.92 bits per heavy atom. The average molecular weight is 413 g/mol. The van der Waals surface area contributed by atoms with E-state index in [1.807, 2.05) is 0 Å². The SMILES string of the molecule is C[C@H]1C/C(=N\NS(=O)(=O)c2ccc(Br)cc2)c2c(O)ccc(F)c21. The molecular formula is C16H14BrFN2O3S. The molecule has 3 rings (SSSR count). The largest absolute Gasteiger partial charge is 0.507 e. The van der Waals surface area contributed by atoms with Gasteiger partial charge >= 0.3 is 0 Å². The van der Waals surface area contributed by atoms with Crippen molar-refractivity contribution >= 4 is 31.7 Å². The number of hydrogen-bond acceptors (Lipinski definition) is 4. The van der Waals surface area contributed by atoms with Crippen molar-refractivity contribution in [1.82, 2.24) is 4.83 Å². The summed E-state index contributed by atoms with van der Waals surface area (Å²) in [7, 11) is -3.84. The van der Waals surface area contributed by atoms with Crippen LogP contribution in [0.3, 0.4) is 0 Å². The van der Waals surface area contributed by atoms with Gasteiger partial charge in [0.1, 0.15) is 11.6 Å². The van der Waals surface area contributed by atoms with Crippen LogP contribution in [-0.4, -0.2) is 19.2 Å². The van der Waals surface area contributed by atoms with Crippen molar-refractivity contribution in [2.24, 2.45) is 5.10 Å². The molecule has 0 radical (unpaired) electrons. The second kappa shape index (κ2) is 6.18. The van der Waals surface area contributed by atoms with Crippen LogP contribution in [-0.2, 0) is 10.0 Å². The molecule has 0 aromatic heterocycles. The number of hydrogen-bond donors (Lipinski definition) is 2. The van der Waals surface area contributed by atoms with Crippen molar-refractivity contribution in [1.29, 1.82) is 0 Å². The highest BCUT2D eigenvalue weighted by Crippen LogP contribution is 2.39. The fourth-order valence-corrected chi connectivity index (χ4v) is 3.84. The van der Waals surface area contributed by atoms with Crippen LogP contribution in [0.4, 0.5) is 4.39 Å². The molecule has 0 saturated carbocycles. The number of benzene rings is 2. The van der Waals surface area contributed by atoms with Crippen LogP contribution in [0, 0.1) is 5.82 Å². The molecule has 0 fully saturated rings. The number of hydrazone groups is 1. The van der Waals surface area contributed by atoms with Crippen molar-refractivity contribution in [2.45, 2.75) is 24.2 Å². The van der Waals surface area contributed by atoms with Gasteiger partial charge in [0.05, 0.1) is 10.6 Å². The van der Waals surface area contributed by atoms with Crippen molar-refractivity contribution in [3.63, 3.8) is 0 Å². The monoisotopic (exact) mass is 412 g/mol. The number of nitrogens with one attached hydrogen (secondary N) is 1. The molecule has 5 nitrogen and oxygen atoms in total. The molecule has 1 aliphatic rings. The Morgan fingerprint density at radius 1 is 1.25 bits per heavy atom. The lowest BCUT2D eigenvalue weighted by Crippen LogP contribution is -2.20. The summed E-state index contributed by atoms with van der Waals surface area (Å²) in [5.41, 5.74) is 0.938. The van der Waals surface area contributed by atoms with Gasteiger partial charge in [-0.3, -0.25) is 0 Å². The van der Waals surface area contributed by atoms with Gasteiger partial charge in [-0.15, -0.1) is 0 Å². The second-order valence-electron chi connectivity index (χ2n) is 5.57. The van der Waals surface area contributed by atoms with Crippen LogP contribution in [0.25, 0.3) is 0 Å². The van der Waals surface area contributed by atoms with Gasteiger partial charge in [0.15, 0.2) is 0 Å². The Morgan fingerprint density at radius 3 is 2.58 bits per heavy atom. The van der Waals surface area contributed by atoms with Crippen LogP contribution < -0.4 is 4.83 Å². The van der Waals surface area contributed by atoms with Gasteiger partial charge in [0.2, 0.25) is 0 Å². The number of phenolic OH excluding ortho intramolecular Hbond substituents is 1. The predicted molar refractivity (Wildman–Crippen MR) is 92.1 cm³/mol. The van der Waals surface area contributed by atoms with Crippen LogP contribution >= 0.6 is 15.9 Å². The summed E-state index contributed by atoms with van der Waals surface area (Å²) in [5.74, 6) is -0.739. The number of halogens is 2. The standard InChI is InChI=1S/C16H14BrFN2O3S/c1-9-8-13(16-14(21)7-6-12(18)15(9)16)19-20-24(22,23)11-4-2-10(17)3-5-11/h2-7,9,20-21H,8H2,1H3/b19-13+/t9-/m0/s1. The molecule has 1 aliphatic carbocycles. The molecule has 2 N–H and O–H groups in total. The Labute approximate surface area is 147 Å². The summed E-state index contributed by atoms with van der Waals surface area (Å²) in [6, 6.07) is 8.53. The van der Waals surface area contributed by atoms with E-state index >= 15 is 0 Å². The summed E-state index contributed by atoms with van der Waals surface area (Å²) < 4.78 is 39.3. The van der Waals surface area contributed by atoms with Gasteiger partial charge in [-0.05, 0) is 48.7 Å². The Balaban J connectivity index is 1.95.